The Balaban J connectivity index is 2.02. The molecule has 2 unspecified atom stereocenters. The first-order chi connectivity index (χ1) is 11.7. The van der Waals surface area contributed by atoms with Gasteiger partial charge in [-0.3, -0.25) is 0 Å². The first-order valence-electron chi connectivity index (χ1n) is 9.94. The largest absolute Gasteiger partial charge is 0.396 e. The molecule has 3 rings (SSSR count). The van der Waals surface area contributed by atoms with Gasteiger partial charge in [0.05, 0.1) is 30.5 Å². The molecule has 1 aliphatic heterocycles. The van der Waals surface area contributed by atoms with Gasteiger partial charge in [-0.05, 0) is 50.4 Å². The van der Waals surface area contributed by atoms with Crippen molar-refractivity contribution in [3.8, 4) is 0 Å². The van der Waals surface area contributed by atoms with Crippen LogP contribution < -0.4 is 0 Å². The molecule has 3 aliphatic rings. The second kappa shape index (κ2) is 6.45. The van der Waals surface area contributed by atoms with E-state index in [1.165, 1.54) is 0 Å². The maximum atomic E-state index is 10.6. The van der Waals surface area contributed by atoms with E-state index in [9.17, 15) is 20.4 Å². The number of hydrogen-bond acceptors (Lipinski definition) is 5. The van der Waals surface area contributed by atoms with Gasteiger partial charge in [-0.2, -0.15) is 0 Å². The summed E-state index contributed by atoms with van der Waals surface area (Å²) in [6, 6.07) is 0. The summed E-state index contributed by atoms with van der Waals surface area (Å²) < 4.78 is 6.75. The minimum absolute atomic E-state index is 0.0121. The lowest BCUT2D eigenvalue weighted by Crippen LogP contribution is -2.66. The second-order valence-corrected chi connectivity index (χ2v) is 9.47. The Hall–Kier alpha value is -0.200. The van der Waals surface area contributed by atoms with Gasteiger partial charge in [-0.15, -0.1) is 0 Å². The summed E-state index contributed by atoms with van der Waals surface area (Å²) in [5.41, 5.74) is -1.66. The molecule has 3 fully saturated rings. The predicted molar refractivity (Wildman–Crippen MR) is 95.0 cm³/mol. The number of aliphatic hydroxyl groups is 4. The van der Waals surface area contributed by atoms with Gasteiger partial charge >= 0.3 is 0 Å². The smallest absolute Gasteiger partial charge is 0.0942 e. The highest BCUT2D eigenvalue weighted by atomic mass is 16.5. The topological polar surface area (TPSA) is 90.2 Å². The van der Waals surface area contributed by atoms with Gasteiger partial charge in [0.25, 0.3) is 0 Å². The van der Waals surface area contributed by atoms with Crippen molar-refractivity contribution >= 4 is 0 Å². The van der Waals surface area contributed by atoms with Crippen molar-refractivity contribution in [1.29, 1.82) is 0 Å². The predicted octanol–water partition coefficient (Wildman–Crippen LogP) is 1.85. The van der Waals surface area contributed by atoms with E-state index in [0.29, 0.717) is 18.8 Å². The van der Waals surface area contributed by atoms with Gasteiger partial charge in [0.15, 0.2) is 0 Å². The molecule has 146 valence electrons. The van der Waals surface area contributed by atoms with Crippen LogP contribution in [0.1, 0.15) is 65.7 Å². The molecule has 0 aromatic heterocycles. The lowest BCUT2D eigenvalue weighted by atomic mass is 9.43. The van der Waals surface area contributed by atoms with Crippen LogP contribution in [0.2, 0.25) is 0 Å². The number of fused-ring (bicyclic) bond motifs is 2. The molecule has 0 amide bonds. The number of ether oxygens (including phenoxy) is 1. The van der Waals surface area contributed by atoms with Crippen LogP contribution in [0, 0.1) is 22.7 Å². The van der Waals surface area contributed by atoms with Crippen molar-refractivity contribution in [2.75, 3.05) is 19.8 Å². The second-order valence-electron chi connectivity index (χ2n) is 9.47. The summed E-state index contributed by atoms with van der Waals surface area (Å²) >= 11 is 0. The normalized spacial score (nSPS) is 53.2. The van der Waals surface area contributed by atoms with E-state index in [1.54, 1.807) is 0 Å². The Bertz CT molecular complexity index is 498. The Morgan fingerprint density at radius 1 is 0.960 bits per heavy atom. The third-order valence-corrected chi connectivity index (χ3v) is 8.46. The van der Waals surface area contributed by atoms with Crippen LogP contribution in [0.5, 0.6) is 0 Å². The molecule has 1 spiro atoms. The van der Waals surface area contributed by atoms with Crippen molar-refractivity contribution in [2.45, 2.75) is 83.0 Å². The van der Waals surface area contributed by atoms with E-state index >= 15 is 0 Å². The van der Waals surface area contributed by atoms with Crippen LogP contribution >= 0.6 is 0 Å². The third kappa shape index (κ3) is 2.53. The highest BCUT2D eigenvalue weighted by Crippen LogP contribution is 2.67. The molecular formula is C20H36O5. The van der Waals surface area contributed by atoms with Crippen molar-refractivity contribution < 1.29 is 25.2 Å². The van der Waals surface area contributed by atoms with Gasteiger partial charge in [0, 0.05) is 23.9 Å². The monoisotopic (exact) mass is 356 g/mol. The highest BCUT2D eigenvalue weighted by molar-refractivity contribution is 5.17. The van der Waals surface area contributed by atoms with Gasteiger partial charge in [0.2, 0.25) is 0 Å². The number of hydrogen-bond donors (Lipinski definition) is 4. The molecule has 0 aromatic rings. The maximum absolute atomic E-state index is 10.6. The van der Waals surface area contributed by atoms with Crippen LogP contribution in [-0.4, -0.2) is 57.6 Å². The van der Waals surface area contributed by atoms with E-state index in [2.05, 4.69) is 13.8 Å². The van der Waals surface area contributed by atoms with Gasteiger partial charge in [-0.25, -0.2) is 0 Å². The SMILES string of the molecule is C[C@@H]1CC[C@H]2C(C)(CO)[C@@H](O)CC[C@]2(C)[C@@]12CCC(CO)(CCO)O2. The quantitative estimate of drug-likeness (QED) is 0.617. The average molecular weight is 357 g/mol. The average Bonchev–Trinajstić information content (AvgIpc) is 2.99. The lowest BCUT2D eigenvalue weighted by molar-refractivity contribution is -0.272. The Morgan fingerprint density at radius 2 is 1.68 bits per heavy atom. The molecule has 4 N–H and O–H groups in total. The lowest BCUT2D eigenvalue weighted by Gasteiger charge is -2.65. The van der Waals surface area contributed by atoms with E-state index < -0.39 is 17.1 Å². The summed E-state index contributed by atoms with van der Waals surface area (Å²) in [5, 5.41) is 40.2. The van der Waals surface area contributed by atoms with Crippen LogP contribution in [-0.2, 0) is 4.74 Å². The van der Waals surface area contributed by atoms with E-state index in [0.717, 1.165) is 32.1 Å². The van der Waals surface area contributed by atoms with Crippen LogP contribution in [0.4, 0.5) is 0 Å². The molecule has 1 heterocycles. The van der Waals surface area contributed by atoms with Crippen molar-refractivity contribution in [1.82, 2.24) is 0 Å². The summed E-state index contributed by atoms with van der Waals surface area (Å²) in [6.07, 6.45) is 5.15. The third-order valence-electron chi connectivity index (χ3n) is 8.46. The van der Waals surface area contributed by atoms with Gasteiger partial charge < -0.3 is 25.2 Å². The minimum atomic E-state index is -0.653. The molecule has 25 heavy (non-hydrogen) atoms. The summed E-state index contributed by atoms with van der Waals surface area (Å²) in [4.78, 5) is 0. The van der Waals surface area contributed by atoms with Crippen molar-refractivity contribution in [3.63, 3.8) is 0 Å². The highest BCUT2D eigenvalue weighted by Gasteiger charge is 2.68. The molecule has 0 aromatic carbocycles. The van der Waals surface area contributed by atoms with Crippen LogP contribution in [0.15, 0.2) is 0 Å². The minimum Gasteiger partial charge on any atom is -0.396 e. The standard InChI is InChI=1S/C20H36O5/c1-14-4-5-15-17(2,12-22)16(24)6-7-18(15,3)20(14)9-8-19(13-23,25-20)10-11-21/h14-16,21-24H,4-13H2,1-3H3/t14-,15+,16+,17?,18+,19?,20-/m1/s1. The molecule has 0 radical (unpaired) electrons. The van der Waals surface area contributed by atoms with Crippen molar-refractivity contribution in [2.24, 2.45) is 22.7 Å². The summed E-state index contributed by atoms with van der Waals surface area (Å²) in [7, 11) is 0. The Morgan fingerprint density at radius 3 is 2.28 bits per heavy atom. The molecule has 5 nitrogen and oxygen atoms in total. The first kappa shape index (κ1) is 19.6. The molecule has 0 bridgehead atoms. The van der Waals surface area contributed by atoms with E-state index in [-0.39, 0.29) is 36.8 Å². The fourth-order valence-corrected chi connectivity index (χ4v) is 6.70. The number of rotatable bonds is 4. The molecule has 2 saturated carbocycles. The molecule has 7 atom stereocenters. The fourth-order valence-electron chi connectivity index (χ4n) is 6.70. The zero-order chi connectivity index (χ0) is 18.5. The molecule has 2 aliphatic carbocycles. The van der Waals surface area contributed by atoms with Gasteiger partial charge in [-0.1, -0.05) is 20.8 Å². The van der Waals surface area contributed by atoms with Crippen LogP contribution in [0.3, 0.4) is 0 Å². The Labute approximate surface area is 151 Å². The van der Waals surface area contributed by atoms with E-state index in [1.807, 2.05) is 6.92 Å². The summed E-state index contributed by atoms with van der Waals surface area (Å²) in [5.74, 6) is 0.549. The maximum Gasteiger partial charge on any atom is 0.0942 e. The van der Waals surface area contributed by atoms with Crippen LogP contribution in [0.25, 0.3) is 0 Å². The zero-order valence-electron chi connectivity index (χ0n) is 16.0. The molecular weight excluding hydrogens is 320 g/mol. The zero-order valence-corrected chi connectivity index (χ0v) is 16.0. The summed E-state index contributed by atoms with van der Waals surface area (Å²) in [6.45, 7) is 6.47. The van der Waals surface area contributed by atoms with Crippen molar-refractivity contribution in [3.05, 3.63) is 0 Å². The van der Waals surface area contributed by atoms with Gasteiger partial charge in [0.1, 0.15) is 0 Å². The molecule has 1 saturated heterocycles. The molecule has 5 heteroatoms. The Kier molecular flexibility index (Phi) is 5.05. The number of aliphatic hydroxyl groups excluding tert-OH is 4. The first-order valence-corrected chi connectivity index (χ1v) is 9.94. The van der Waals surface area contributed by atoms with E-state index in [4.69, 9.17) is 4.74 Å². The fraction of sp³-hybridized carbons (Fsp3) is 1.00.